The predicted octanol–water partition coefficient (Wildman–Crippen LogP) is 5.67. The number of esters is 1. The van der Waals surface area contributed by atoms with Crippen LogP contribution in [0.2, 0.25) is 0 Å². The molecule has 0 unspecified atom stereocenters. The molecule has 7 nitrogen and oxygen atoms in total. The Hall–Kier alpha value is -4.00. The number of rotatable bonds is 8. The maximum atomic E-state index is 12.6. The zero-order valence-corrected chi connectivity index (χ0v) is 20.7. The molecule has 0 heterocycles. The lowest BCUT2D eigenvalue weighted by molar-refractivity contribution is 0.0511. The van der Waals surface area contributed by atoms with Gasteiger partial charge in [-0.1, -0.05) is 48.5 Å². The van der Waals surface area contributed by atoms with Gasteiger partial charge in [-0.15, -0.1) is 0 Å². The largest absolute Gasteiger partial charge is 0.496 e. The van der Waals surface area contributed by atoms with Crippen molar-refractivity contribution in [3.63, 3.8) is 0 Å². The smallest absolute Gasteiger partial charge is 0.408 e. The summed E-state index contributed by atoms with van der Waals surface area (Å²) in [4.78, 5) is 24.4. The number of carbonyl (C=O) groups excluding carboxylic acids is 2. The molecule has 3 aromatic carbocycles. The number of benzene rings is 3. The molecule has 184 valence electrons. The van der Waals surface area contributed by atoms with E-state index in [-0.39, 0.29) is 6.61 Å². The molecule has 1 atom stereocenters. The molecule has 0 saturated heterocycles. The van der Waals surface area contributed by atoms with E-state index in [1.165, 1.54) is 14.2 Å². The van der Waals surface area contributed by atoms with Gasteiger partial charge in [0.05, 0.1) is 20.3 Å². The molecule has 0 bridgehead atoms. The third-order valence-corrected chi connectivity index (χ3v) is 5.06. The molecule has 0 aliphatic rings. The van der Waals surface area contributed by atoms with Crippen LogP contribution in [0.25, 0.3) is 0 Å². The number of ether oxygens (including phenoxy) is 4. The van der Waals surface area contributed by atoms with E-state index in [0.717, 1.165) is 16.7 Å². The second-order valence-corrected chi connectivity index (χ2v) is 8.88. The predicted molar refractivity (Wildman–Crippen MR) is 133 cm³/mol. The summed E-state index contributed by atoms with van der Waals surface area (Å²) < 4.78 is 21.6. The fourth-order valence-electron chi connectivity index (χ4n) is 3.48. The van der Waals surface area contributed by atoms with Crippen molar-refractivity contribution in [3.05, 3.63) is 95.1 Å². The quantitative estimate of drug-likeness (QED) is 0.421. The molecule has 0 radical (unpaired) electrons. The van der Waals surface area contributed by atoms with Crippen molar-refractivity contribution in [2.24, 2.45) is 0 Å². The van der Waals surface area contributed by atoms with Crippen LogP contribution in [0, 0.1) is 0 Å². The highest BCUT2D eigenvalue weighted by atomic mass is 16.6. The summed E-state index contributed by atoms with van der Waals surface area (Å²) in [6.45, 7) is 5.73. The Balaban J connectivity index is 1.80. The first-order valence-corrected chi connectivity index (χ1v) is 11.2. The Morgan fingerprint density at radius 3 is 2.26 bits per heavy atom. The van der Waals surface area contributed by atoms with Gasteiger partial charge in [-0.05, 0) is 61.7 Å². The van der Waals surface area contributed by atoms with Crippen LogP contribution >= 0.6 is 0 Å². The summed E-state index contributed by atoms with van der Waals surface area (Å²) in [5, 5.41) is 2.97. The Kier molecular flexibility index (Phi) is 8.36. The van der Waals surface area contributed by atoms with Crippen LogP contribution in [0.4, 0.5) is 4.79 Å². The molecule has 0 aromatic heterocycles. The lowest BCUT2D eigenvalue weighted by atomic mass is 9.98. The molecule has 35 heavy (non-hydrogen) atoms. The molecule has 3 aromatic rings. The number of nitrogens with one attached hydrogen (secondary N) is 1. The lowest BCUT2D eigenvalue weighted by Crippen LogP contribution is -2.35. The minimum atomic E-state index is -0.610. The van der Waals surface area contributed by atoms with Crippen LogP contribution in [0.1, 0.15) is 53.9 Å². The van der Waals surface area contributed by atoms with Gasteiger partial charge in [0.1, 0.15) is 29.3 Å². The van der Waals surface area contributed by atoms with Crippen LogP contribution in [0.5, 0.6) is 11.5 Å². The van der Waals surface area contributed by atoms with Crippen molar-refractivity contribution in [2.45, 2.75) is 39.0 Å². The third-order valence-electron chi connectivity index (χ3n) is 5.06. The molecule has 0 aliphatic heterocycles. The molecule has 1 N–H and O–H groups in total. The van der Waals surface area contributed by atoms with Gasteiger partial charge in [0.15, 0.2) is 0 Å². The number of alkyl carbamates (subject to hydrolysis) is 1. The summed E-state index contributed by atoms with van der Waals surface area (Å²) in [5.74, 6) is 0.578. The molecular formula is C28H31NO6. The van der Waals surface area contributed by atoms with Crippen molar-refractivity contribution in [1.29, 1.82) is 0 Å². The van der Waals surface area contributed by atoms with Gasteiger partial charge in [0.2, 0.25) is 0 Å². The van der Waals surface area contributed by atoms with E-state index in [2.05, 4.69) is 5.32 Å². The van der Waals surface area contributed by atoms with Gasteiger partial charge < -0.3 is 24.3 Å². The lowest BCUT2D eigenvalue weighted by Gasteiger charge is -2.24. The van der Waals surface area contributed by atoms with Crippen molar-refractivity contribution in [3.8, 4) is 11.5 Å². The topological polar surface area (TPSA) is 83.1 Å². The second-order valence-electron chi connectivity index (χ2n) is 8.88. The van der Waals surface area contributed by atoms with Crippen molar-refractivity contribution in [1.82, 2.24) is 5.32 Å². The highest BCUT2D eigenvalue weighted by molar-refractivity contribution is 5.92. The van der Waals surface area contributed by atoms with Gasteiger partial charge in [0, 0.05) is 0 Å². The molecule has 0 aliphatic carbocycles. The average molecular weight is 478 g/mol. The summed E-state index contributed by atoms with van der Waals surface area (Å²) in [6.07, 6.45) is -0.504. The number of hydrogen-bond acceptors (Lipinski definition) is 6. The first-order valence-electron chi connectivity index (χ1n) is 11.2. The van der Waals surface area contributed by atoms with Crippen LogP contribution in [-0.4, -0.2) is 31.9 Å². The molecular weight excluding hydrogens is 446 g/mol. The van der Waals surface area contributed by atoms with E-state index in [9.17, 15) is 9.59 Å². The zero-order valence-electron chi connectivity index (χ0n) is 20.7. The number of amides is 1. The van der Waals surface area contributed by atoms with Gasteiger partial charge in [-0.25, -0.2) is 9.59 Å². The molecule has 7 heteroatoms. The van der Waals surface area contributed by atoms with Gasteiger partial charge >= 0.3 is 12.1 Å². The minimum absolute atomic E-state index is 0.261. The standard InChI is InChI=1S/C28H31NO6/c1-28(2,3)35-27(31)29-25(20-10-7-6-8-11-20)21-12-9-13-22(17-21)34-18-19-14-15-23(26(30)33-5)24(16-19)32-4/h6-17,25H,18H2,1-5H3,(H,29,31)/t25-/m0/s1. The SMILES string of the molecule is COC(=O)c1ccc(COc2cccc([C@@H](NC(=O)OC(C)(C)C)c3ccccc3)c2)cc1OC. The average Bonchev–Trinajstić information content (AvgIpc) is 2.85. The Bertz CT molecular complexity index is 1150. The Morgan fingerprint density at radius 1 is 0.886 bits per heavy atom. The van der Waals surface area contributed by atoms with Crippen LogP contribution in [-0.2, 0) is 16.1 Å². The number of carbonyl (C=O) groups is 2. The van der Waals surface area contributed by atoms with Gasteiger partial charge in [0.25, 0.3) is 0 Å². The van der Waals surface area contributed by atoms with E-state index in [4.69, 9.17) is 18.9 Å². The normalized spacial score (nSPS) is 11.8. The number of hydrogen-bond donors (Lipinski definition) is 1. The molecule has 0 saturated carbocycles. The monoisotopic (exact) mass is 477 g/mol. The fourth-order valence-corrected chi connectivity index (χ4v) is 3.48. The fraction of sp³-hybridized carbons (Fsp3) is 0.286. The summed E-state index contributed by atoms with van der Waals surface area (Å²) in [6, 6.07) is 22.0. The van der Waals surface area contributed by atoms with Crippen LogP contribution in [0.15, 0.2) is 72.8 Å². The van der Waals surface area contributed by atoms with Gasteiger partial charge in [-0.2, -0.15) is 0 Å². The van der Waals surface area contributed by atoms with Crippen molar-refractivity contribution < 1.29 is 28.5 Å². The maximum absolute atomic E-state index is 12.6. The maximum Gasteiger partial charge on any atom is 0.408 e. The zero-order chi connectivity index (χ0) is 25.4. The summed E-state index contributed by atoms with van der Waals surface area (Å²) in [7, 11) is 2.82. The molecule has 0 spiro atoms. The minimum Gasteiger partial charge on any atom is -0.496 e. The van der Waals surface area contributed by atoms with Crippen molar-refractivity contribution in [2.75, 3.05) is 14.2 Å². The molecule has 3 rings (SSSR count). The first kappa shape index (κ1) is 25.6. The van der Waals surface area contributed by atoms with Crippen LogP contribution < -0.4 is 14.8 Å². The van der Waals surface area contributed by atoms with E-state index < -0.39 is 23.7 Å². The second kappa shape index (κ2) is 11.4. The van der Waals surface area contributed by atoms with E-state index in [1.54, 1.807) is 18.2 Å². The summed E-state index contributed by atoms with van der Waals surface area (Å²) in [5.41, 5.74) is 2.32. The Labute approximate surface area is 206 Å². The van der Waals surface area contributed by atoms with Crippen molar-refractivity contribution >= 4 is 12.1 Å². The third kappa shape index (κ3) is 7.24. The highest BCUT2D eigenvalue weighted by Gasteiger charge is 2.22. The summed E-state index contributed by atoms with van der Waals surface area (Å²) >= 11 is 0. The van der Waals surface area contributed by atoms with E-state index in [1.807, 2.05) is 75.4 Å². The molecule has 0 fully saturated rings. The van der Waals surface area contributed by atoms with Crippen LogP contribution in [0.3, 0.4) is 0 Å². The van der Waals surface area contributed by atoms with Gasteiger partial charge in [-0.3, -0.25) is 0 Å². The highest BCUT2D eigenvalue weighted by Crippen LogP contribution is 2.27. The molecule has 1 amide bonds. The van der Waals surface area contributed by atoms with E-state index in [0.29, 0.717) is 17.1 Å². The number of methoxy groups -OCH3 is 2. The Morgan fingerprint density at radius 2 is 1.60 bits per heavy atom. The first-order chi connectivity index (χ1) is 16.7. The van der Waals surface area contributed by atoms with E-state index >= 15 is 0 Å².